The average Bonchev–Trinajstić information content (AvgIpc) is 3.80. The minimum absolute atomic E-state index is 0.702. The first kappa shape index (κ1) is 39.6. The van der Waals surface area contributed by atoms with Gasteiger partial charge in [-0.05, 0) is 66.9 Å². The lowest BCUT2D eigenvalue weighted by atomic mass is 9.77. The van der Waals surface area contributed by atoms with Crippen molar-refractivity contribution in [2.45, 2.75) is 0 Å². The maximum Gasteiger partial charge on any atom is 0.144 e. The van der Waals surface area contributed by atoms with Gasteiger partial charge >= 0.3 is 0 Å². The quantitative estimate of drug-likeness (QED) is 0.145. The van der Waals surface area contributed by atoms with E-state index in [2.05, 4.69) is 237 Å². The summed E-state index contributed by atoms with van der Waals surface area (Å²) in [5.41, 5.74) is 19.5. The Morgan fingerprint density at radius 2 is 0.627 bits per heavy atom. The van der Waals surface area contributed by atoms with E-state index < -0.39 is 0 Å². The molecule has 0 atom stereocenters. The maximum atomic E-state index is 7.33. The Bertz CT molecular complexity index is 3720. The highest BCUT2D eigenvalue weighted by Gasteiger charge is 2.33. The molecule has 0 saturated carbocycles. The molecule has 4 heteroatoms. The van der Waals surface area contributed by atoms with Crippen molar-refractivity contribution in [3.8, 4) is 100 Å². The molecule has 2 heterocycles. The Labute approximate surface area is 389 Å². The van der Waals surface area contributed by atoms with Crippen LogP contribution < -0.4 is 0 Å². The number of hydrogen-bond acceptors (Lipinski definition) is 4. The molecule has 0 radical (unpaired) electrons. The molecule has 0 bridgehead atoms. The van der Waals surface area contributed by atoms with E-state index in [4.69, 9.17) is 19.8 Å². The van der Waals surface area contributed by atoms with Gasteiger partial charge in [-0.1, -0.05) is 243 Å². The third-order valence-corrected chi connectivity index (χ3v) is 12.8. The second-order valence-corrected chi connectivity index (χ2v) is 16.6. The van der Waals surface area contributed by atoms with Crippen molar-refractivity contribution in [2.24, 2.45) is 0 Å². The smallest absolute Gasteiger partial charge is 0.144 e. The zero-order valence-electron chi connectivity index (χ0n) is 36.4. The van der Waals surface area contributed by atoms with Crippen LogP contribution in [0.3, 0.4) is 0 Å². The number of para-hydroxylation sites is 1. The van der Waals surface area contributed by atoms with Crippen LogP contribution in [0.1, 0.15) is 0 Å². The highest BCUT2D eigenvalue weighted by Crippen LogP contribution is 2.57. The first-order valence-electron chi connectivity index (χ1n) is 22.6. The Morgan fingerprint density at radius 3 is 1.15 bits per heavy atom. The summed E-state index contributed by atoms with van der Waals surface area (Å²) in [6, 6.07) is 87.5. The van der Waals surface area contributed by atoms with Crippen LogP contribution in [0.4, 0.5) is 0 Å². The summed E-state index contributed by atoms with van der Waals surface area (Å²) in [5, 5.41) is 16.9. The van der Waals surface area contributed by atoms with Gasteiger partial charge in [-0.3, -0.25) is 0 Å². The summed E-state index contributed by atoms with van der Waals surface area (Å²) >= 11 is 0. The lowest BCUT2D eigenvalue weighted by Gasteiger charge is -2.25. The molecule has 0 aliphatic rings. The van der Waals surface area contributed by atoms with Crippen molar-refractivity contribution >= 4 is 21.9 Å². The zero-order valence-corrected chi connectivity index (χ0v) is 36.4. The Morgan fingerprint density at radius 1 is 0.254 bits per heavy atom. The molecule has 0 aliphatic heterocycles. The van der Waals surface area contributed by atoms with Crippen LogP contribution in [-0.4, -0.2) is 15.4 Å². The third-order valence-electron chi connectivity index (χ3n) is 12.8. The fourth-order valence-electron chi connectivity index (χ4n) is 9.88. The Balaban J connectivity index is 1.34. The molecule has 12 rings (SSSR count). The van der Waals surface area contributed by atoms with Gasteiger partial charge in [0, 0.05) is 44.2 Å². The van der Waals surface area contributed by atoms with E-state index in [0.717, 1.165) is 117 Å². The van der Waals surface area contributed by atoms with Crippen LogP contribution in [-0.2, 0) is 0 Å². The molecule has 67 heavy (non-hydrogen) atoms. The van der Waals surface area contributed by atoms with Crippen molar-refractivity contribution in [1.29, 1.82) is 0 Å². The van der Waals surface area contributed by atoms with Gasteiger partial charge in [-0.2, -0.15) is 0 Å². The van der Waals surface area contributed by atoms with Crippen molar-refractivity contribution in [2.75, 3.05) is 0 Å². The monoisotopic (exact) mass is 855 g/mol. The summed E-state index contributed by atoms with van der Waals surface area (Å²) in [4.78, 5) is 0. The van der Waals surface area contributed by atoms with Crippen LogP contribution in [0.15, 0.2) is 253 Å². The molecular weight excluding hydrogens is 815 g/mol. The standard InChI is InChI=1S/C63H41N3O/c1-6-24-42(25-7-1)47-34-16-19-37-50(47)57-55(45-30-12-4-13-31-45)58(51-38-20-17-35-48(51)43-26-8-2-9-27-43)63-59(53-40-22-23-41-54(53)67-63)60(57)62-56(46-32-14-5-15-33-46)61(64-66-65-62)52-39-21-18-36-49(52)44-28-10-3-11-29-44/h1-41H. The molecular formula is C63H41N3O. The van der Waals surface area contributed by atoms with E-state index >= 15 is 0 Å². The molecule has 0 spiro atoms. The number of furan rings is 1. The number of hydrogen-bond donors (Lipinski definition) is 0. The normalized spacial score (nSPS) is 11.3. The van der Waals surface area contributed by atoms with Crippen LogP contribution in [0.25, 0.3) is 122 Å². The molecule has 0 N–H and O–H groups in total. The first-order valence-corrected chi connectivity index (χ1v) is 22.6. The molecule has 0 saturated heterocycles. The molecule has 0 fully saturated rings. The summed E-state index contributed by atoms with van der Waals surface area (Å²) in [5.74, 6) is 0. The van der Waals surface area contributed by atoms with Crippen LogP contribution in [0.2, 0.25) is 0 Å². The van der Waals surface area contributed by atoms with Gasteiger partial charge in [0.15, 0.2) is 0 Å². The van der Waals surface area contributed by atoms with Gasteiger partial charge in [0.2, 0.25) is 0 Å². The van der Waals surface area contributed by atoms with E-state index in [1.54, 1.807) is 0 Å². The lowest BCUT2D eigenvalue weighted by molar-refractivity contribution is 0.670. The van der Waals surface area contributed by atoms with Crippen LogP contribution in [0, 0.1) is 0 Å². The van der Waals surface area contributed by atoms with E-state index in [9.17, 15) is 0 Å². The number of benzene rings is 10. The molecule has 0 unspecified atom stereocenters. The molecule has 10 aromatic carbocycles. The van der Waals surface area contributed by atoms with Crippen molar-refractivity contribution in [3.63, 3.8) is 0 Å². The summed E-state index contributed by atoms with van der Waals surface area (Å²) in [6.45, 7) is 0. The number of fused-ring (bicyclic) bond motifs is 3. The second-order valence-electron chi connectivity index (χ2n) is 16.6. The van der Waals surface area contributed by atoms with Gasteiger partial charge in [-0.15, -0.1) is 10.2 Å². The summed E-state index contributed by atoms with van der Waals surface area (Å²) < 4.78 is 7.33. The third kappa shape index (κ3) is 7.00. The Kier molecular flexibility index (Phi) is 10.2. The fraction of sp³-hybridized carbons (Fsp3) is 0. The minimum Gasteiger partial charge on any atom is -0.455 e. The predicted octanol–water partition coefficient (Wildman–Crippen LogP) is 16.8. The van der Waals surface area contributed by atoms with Gasteiger partial charge in [0.25, 0.3) is 0 Å². The number of nitrogens with zero attached hydrogens (tertiary/aromatic N) is 3. The molecule has 0 aliphatic carbocycles. The van der Waals surface area contributed by atoms with E-state index in [1.165, 1.54) is 0 Å². The first-order chi connectivity index (χ1) is 33.3. The van der Waals surface area contributed by atoms with E-state index in [-0.39, 0.29) is 0 Å². The van der Waals surface area contributed by atoms with Crippen molar-refractivity contribution < 1.29 is 4.42 Å². The second kappa shape index (κ2) is 17.2. The van der Waals surface area contributed by atoms with Gasteiger partial charge in [0.1, 0.15) is 22.6 Å². The molecule has 4 nitrogen and oxygen atoms in total. The van der Waals surface area contributed by atoms with E-state index in [0.29, 0.717) is 5.69 Å². The topological polar surface area (TPSA) is 51.8 Å². The summed E-state index contributed by atoms with van der Waals surface area (Å²) in [7, 11) is 0. The molecule has 2 aromatic heterocycles. The van der Waals surface area contributed by atoms with Gasteiger partial charge < -0.3 is 4.42 Å². The molecule has 12 aromatic rings. The van der Waals surface area contributed by atoms with E-state index in [1.807, 2.05) is 12.1 Å². The van der Waals surface area contributed by atoms with Gasteiger partial charge in [-0.25, -0.2) is 0 Å². The SMILES string of the molecule is c1ccc(-c2ccccc2-c2nnnc(-c3c(-c4ccccc4-c4ccccc4)c(-c4ccccc4)c(-c4ccccc4-c4ccccc4)c4oc5ccccc5c34)c2-c2ccccc2)cc1. The van der Waals surface area contributed by atoms with Crippen molar-refractivity contribution in [3.05, 3.63) is 249 Å². The fourth-order valence-corrected chi connectivity index (χ4v) is 9.88. The average molecular weight is 856 g/mol. The maximum absolute atomic E-state index is 7.33. The van der Waals surface area contributed by atoms with Gasteiger partial charge in [0.05, 0.1) is 0 Å². The minimum atomic E-state index is 0.702. The highest BCUT2D eigenvalue weighted by molar-refractivity contribution is 6.26. The van der Waals surface area contributed by atoms with Crippen LogP contribution in [0.5, 0.6) is 0 Å². The highest BCUT2D eigenvalue weighted by atomic mass is 16.3. The largest absolute Gasteiger partial charge is 0.455 e. The predicted molar refractivity (Wildman–Crippen MR) is 276 cm³/mol. The van der Waals surface area contributed by atoms with Crippen LogP contribution >= 0.6 is 0 Å². The summed E-state index contributed by atoms with van der Waals surface area (Å²) in [6.07, 6.45) is 0. The number of rotatable bonds is 9. The zero-order chi connectivity index (χ0) is 44.5. The van der Waals surface area contributed by atoms with Crippen molar-refractivity contribution in [1.82, 2.24) is 15.4 Å². The molecule has 314 valence electrons. The Hall–Kier alpha value is -8.99. The lowest BCUT2D eigenvalue weighted by Crippen LogP contribution is -2.04. The molecule has 0 amide bonds. The number of aromatic nitrogens is 3.